The van der Waals surface area contributed by atoms with Crippen molar-refractivity contribution in [3.8, 4) is 0 Å². The first-order chi connectivity index (χ1) is 18.4. The van der Waals surface area contributed by atoms with Gasteiger partial charge < -0.3 is 13.9 Å². The van der Waals surface area contributed by atoms with Gasteiger partial charge in [0.1, 0.15) is 11.3 Å². The number of carbonyl (C=O) groups excluding carboxylic acids is 2. The molecule has 0 spiro atoms. The number of hydrogen-bond acceptors (Lipinski definition) is 6. The molecule has 0 bridgehead atoms. The Balaban J connectivity index is 1.79. The summed E-state index contributed by atoms with van der Waals surface area (Å²) in [7, 11) is -1.53. The van der Waals surface area contributed by atoms with E-state index in [2.05, 4.69) is 50.0 Å². The lowest BCUT2D eigenvalue weighted by molar-refractivity contribution is 0.0118. The number of benzene rings is 2. The molecule has 8 heteroatoms. The van der Waals surface area contributed by atoms with Crippen molar-refractivity contribution in [1.29, 1.82) is 0 Å². The zero-order valence-electron chi connectivity index (χ0n) is 23.9. The Morgan fingerprint density at radius 1 is 0.897 bits per heavy atom. The Hall–Kier alpha value is -3.49. The smallest absolute Gasteiger partial charge is 0.411 e. The normalized spacial score (nSPS) is 15.6. The van der Waals surface area contributed by atoms with Crippen LogP contribution in [0.5, 0.6) is 0 Å². The molecule has 0 fully saturated rings. The van der Waals surface area contributed by atoms with Crippen molar-refractivity contribution in [3.05, 3.63) is 89.7 Å². The minimum absolute atomic E-state index is 0.203. The summed E-state index contributed by atoms with van der Waals surface area (Å²) in [6, 6.07) is 23.8. The molecule has 1 unspecified atom stereocenters. The number of aromatic nitrogens is 1. The van der Waals surface area contributed by atoms with Gasteiger partial charge in [0, 0.05) is 5.56 Å². The van der Waals surface area contributed by atoms with Gasteiger partial charge in [-0.15, -0.1) is 0 Å². The lowest BCUT2D eigenvalue weighted by Gasteiger charge is -2.44. The molecule has 3 aromatic rings. The molecule has 0 N–H and O–H groups in total. The highest BCUT2D eigenvalue weighted by molar-refractivity contribution is 6.99. The molecule has 4 rings (SSSR count). The van der Waals surface area contributed by atoms with Crippen molar-refractivity contribution < 1.29 is 23.5 Å². The average Bonchev–Trinajstić information content (AvgIpc) is 3.26. The molecular formula is C31H38N2O5Si. The van der Waals surface area contributed by atoms with Crippen molar-refractivity contribution in [3.63, 3.8) is 0 Å². The third-order valence-corrected chi connectivity index (χ3v) is 12.0. The Kier molecular flexibility index (Phi) is 8.00. The summed E-state index contributed by atoms with van der Waals surface area (Å²) in [5.41, 5.74) is 1.01. The van der Waals surface area contributed by atoms with Crippen LogP contribution in [-0.2, 0) is 20.4 Å². The van der Waals surface area contributed by atoms with E-state index in [0.29, 0.717) is 5.69 Å². The van der Waals surface area contributed by atoms with Crippen LogP contribution in [0.1, 0.15) is 69.3 Å². The Labute approximate surface area is 232 Å². The van der Waals surface area contributed by atoms with Crippen LogP contribution in [0.2, 0.25) is 5.04 Å². The number of esters is 1. The van der Waals surface area contributed by atoms with E-state index < -0.39 is 32.0 Å². The standard InChI is InChI=1S/C31H38N2O5Si/c1-30(2,3)38-29(35)33-20-26-24(18-19-25(32-26)28(34)36-7)27(33)21-37-39(31(4,5)6,22-14-10-8-11-15-22)23-16-12-9-13-17-23/h8-19,27H,20-21H2,1-7H3. The topological polar surface area (TPSA) is 78.0 Å². The molecule has 1 aliphatic heterocycles. The summed E-state index contributed by atoms with van der Waals surface area (Å²) in [5, 5.41) is 2.09. The van der Waals surface area contributed by atoms with Gasteiger partial charge in [0.05, 0.1) is 32.0 Å². The fourth-order valence-electron chi connectivity index (χ4n) is 5.26. The minimum atomic E-state index is -2.86. The fourth-order valence-corrected chi connectivity index (χ4v) is 9.82. The maximum atomic E-state index is 13.4. The first-order valence-electron chi connectivity index (χ1n) is 13.2. The van der Waals surface area contributed by atoms with Gasteiger partial charge in [-0.05, 0) is 42.2 Å². The van der Waals surface area contributed by atoms with Gasteiger partial charge in [-0.2, -0.15) is 0 Å². The van der Waals surface area contributed by atoms with E-state index >= 15 is 0 Å². The van der Waals surface area contributed by atoms with Crippen LogP contribution < -0.4 is 10.4 Å². The number of methoxy groups -OCH3 is 1. The van der Waals surface area contributed by atoms with Crippen LogP contribution in [0.15, 0.2) is 72.8 Å². The molecule has 0 saturated carbocycles. The molecule has 0 aliphatic carbocycles. The number of nitrogens with zero attached hydrogens (tertiary/aromatic N) is 2. The van der Waals surface area contributed by atoms with Gasteiger partial charge in [0.25, 0.3) is 8.32 Å². The first kappa shape index (κ1) is 28.5. The lowest BCUT2D eigenvalue weighted by atomic mass is 10.1. The highest BCUT2D eigenvalue weighted by Crippen LogP contribution is 2.40. The molecule has 1 aromatic heterocycles. The number of amides is 1. The Morgan fingerprint density at radius 2 is 1.46 bits per heavy atom. The number of ether oxygens (including phenoxy) is 2. The monoisotopic (exact) mass is 546 g/mol. The van der Waals surface area contributed by atoms with E-state index in [4.69, 9.17) is 13.9 Å². The molecule has 1 amide bonds. The van der Waals surface area contributed by atoms with Crippen LogP contribution >= 0.6 is 0 Å². The van der Waals surface area contributed by atoms with E-state index in [9.17, 15) is 9.59 Å². The second-order valence-electron chi connectivity index (χ2n) is 11.8. The fraction of sp³-hybridized carbons (Fsp3) is 0.387. The van der Waals surface area contributed by atoms with E-state index in [-0.39, 0.29) is 23.9 Å². The molecule has 2 aromatic carbocycles. The molecule has 2 heterocycles. The van der Waals surface area contributed by atoms with Gasteiger partial charge >= 0.3 is 12.1 Å². The molecule has 206 valence electrons. The largest absolute Gasteiger partial charge is 0.464 e. The maximum Gasteiger partial charge on any atom is 0.411 e. The predicted molar refractivity (Wildman–Crippen MR) is 154 cm³/mol. The Morgan fingerprint density at radius 3 is 1.95 bits per heavy atom. The highest BCUT2D eigenvalue weighted by Gasteiger charge is 2.51. The van der Waals surface area contributed by atoms with Gasteiger partial charge in [-0.1, -0.05) is 87.5 Å². The first-order valence-corrected chi connectivity index (χ1v) is 15.1. The molecular weight excluding hydrogens is 508 g/mol. The average molecular weight is 547 g/mol. The van der Waals surface area contributed by atoms with Crippen molar-refractivity contribution in [1.82, 2.24) is 9.88 Å². The zero-order valence-corrected chi connectivity index (χ0v) is 24.9. The van der Waals surface area contributed by atoms with Crippen LogP contribution in [0, 0.1) is 0 Å². The molecule has 0 saturated heterocycles. The minimum Gasteiger partial charge on any atom is -0.464 e. The molecule has 7 nitrogen and oxygen atoms in total. The van der Waals surface area contributed by atoms with E-state index in [1.807, 2.05) is 63.2 Å². The van der Waals surface area contributed by atoms with Crippen LogP contribution in [-0.4, -0.2) is 49.6 Å². The van der Waals surface area contributed by atoms with Gasteiger partial charge in [-0.25, -0.2) is 14.6 Å². The third-order valence-electron chi connectivity index (χ3n) is 6.96. The predicted octanol–water partition coefficient (Wildman–Crippen LogP) is 5.24. The third kappa shape index (κ3) is 5.77. The molecule has 1 atom stereocenters. The lowest BCUT2D eigenvalue weighted by Crippen LogP contribution is -2.67. The number of pyridine rings is 1. The van der Waals surface area contributed by atoms with E-state index in [0.717, 1.165) is 15.9 Å². The van der Waals surface area contributed by atoms with Crippen LogP contribution in [0.25, 0.3) is 0 Å². The zero-order chi connectivity index (χ0) is 28.4. The summed E-state index contributed by atoms with van der Waals surface area (Å²) >= 11 is 0. The number of fused-ring (bicyclic) bond motifs is 1. The second-order valence-corrected chi connectivity index (χ2v) is 16.1. The number of rotatable bonds is 6. The SMILES string of the molecule is COC(=O)c1ccc2c(n1)CN(C(=O)OC(C)(C)C)C2CO[Si](c1ccccc1)(c1ccccc1)C(C)(C)C. The summed E-state index contributed by atoms with van der Waals surface area (Å²) in [6.45, 7) is 12.6. The highest BCUT2D eigenvalue weighted by atomic mass is 28.4. The van der Waals surface area contributed by atoms with Crippen molar-refractivity contribution in [2.45, 2.75) is 64.8 Å². The maximum absolute atomic E-state index is 13.4. The van der Waals surface area contributed by atoms with Gasteiger partial charge in [0.2, 0.25) is 0 Å². The van der Waals surface area contributed by atoms with E-state index in [1.165, 1.54) is 7.11 Å². The Bertz CT molecular complexity index is 1280. The second kappa shape index (κ2) is 10.9. The van der Waals surface area contributed by atoms with Gasteiger partial charge in [-0.3, -0.25) is 4.90 Å². The summed E-state index contributed by atoms with van der Waals surface area (Å²) < 4.78 is 17.8. The summed E-state index contributed by atoms with van der Waals surface area (Å²) in [5.74, 6) is -0.520. The molecule has 0 radical (unpaired) electrons. The van der Waals surface area contributed by atoms with Crippen LogP contribution in [0.3, 0.4) is 0 Å². The molecule has 39 heavy (non-hydrogen) atoms. The van der Waals surface area contributed by atoms with Crippen molar-refractivity contribution in [2.75, 3.05) is 13.7 Å². The number of carbonyl (C=O) groups is 2. The quantitative estimate of drug-likeness (QED) is 0.311. The summed E-state index contributed by atoms with van der Waals surface area (Å²) in [6.07, 6.45) is -0.448. The van der Waals surface area contributed by atoms with Crippen LogP contribution in [0.4, 0.5) is 4.79 Å². The number of hydrogen-bond donors (Lipinski definition) is 0. The van der Waals surface area contributed by atoms with Crippen molar-refractivity contribution >= 4 is 30.8 Å². The van der Waals surface area contributed by atoms with E-state index in [1.54, 1.807) is 11.0 Å². The van der Waals surface area contributed by atoms with Crippen molar-refractivity contribution in [2.24, 2.45) is 0 Å². The summed E-state index contributed by atoms with van der Waals surface area (Å²) in [4.78, 5) is 31.8. The molecule has 1 aliphatic rings. The van der Waals surface area contributed by atoms with Gasteiger partial charge in [0.15, 0.2) is 0 Å².